The molecule has 0 aliphatic heterocycles. The van der Waals surface area contributed by atoms with E-state index in [0.717, 1.165) is 17.0 Å². The van der Waals surface area contributed by atoms with Crippen molar-refractivity contribution in [3.05, 3.63) is 57.3 Å². The van der Waals surface area contributed by atoms with Crippen molar-refractivity contribution in [1.82, 2.24) is 5.32 Å². The third-order valence-electron chi connectivity index (χ3n) is 3.68. The molecule has 0 unspecified atom stereocenters. The maximum Gasteiger partial charge on any atom is 0.416 e. The van der Waals surface area contributed by atoms with Crippen LogP contribution in [0.5, 0.6) is 0 Å². The molecule has 0 aliphatic rings. The number of amides is 1. The van der Waals surface area contributed by atoms with E-state index in [2.05, 4.69) is 5.32 Å². The smallest absolute Gasteiger partial charge is 0.416 e. The molecule has 1 N–H and O–H groups in total. The molecule has 28 heavy (non-hydrogen) atoms. The van der Waals surface area contributed by atoms with Crippen LogP contribution in [0.15, 0.2) is 36.4 Å². The minimum atomic E-state index is -4.44. The third-order valence-corrected chi connectivity index (χ3v) is 4.86. The summed E-state index contributed by atoms with van der Waals surface area (Å²) >= 11 is 1.25. The molecule has 0 bridgehead atoms. The van der Waals surface area contributed by atoms with E-state index in [0.29, 0.717) is 23.4 Å². The van der Waals surface area contributed by atoms with Gasteiger partial charge in [-0.2, -0.15) is 13.2 Å². The van der Waals surface area contributed by atoms with Crippen LogP contribution < -0.4 is 5.32 Å². The highest BCUT2D eigenvalue weighted by molar-refractivity contribution is 7.14. The topological polar surface area (TPSA) is 72.5 Å². The molecule has 1 aromatic carbocycles. The van der Waals surface area contributed by atoms with Crippen LogP contribution in [0.1, 0.15) is 32.6 Å². The Hall–Kier alpha value is -2.68. The highest BCUT2D eigenvalue weighted by Crippen LogP contribution is 2.29. The Morgan fingerprint density at radius 3 is 2.36 bits per heavy atom. The van der Waals surface area contributed by atoms with Crippen molar-refractivity contribution in [3.8, 4) is 0 Å². The van der Waals surface area contributed by atoms with Gasteiger partial charge >= 0.3 is 12.1 Å². The Bertz CT molecular complexity index is 844. The van der Waals surface area contributed by atoms with Gasteiger partial charge in [-0.05, 0) is 36.2 Å². The summed E-state index contributed by atoms with van der Waals surface area (Å²) in [6, 6.07) is 7.58. The monoisotopic (exact) mass is 413 g/mol. The molecule has 1 aromatic heterocycles. The van der Waals surface area contributed by atoms with E-state index in [4.69, 9.17) is 4.74 Å². The van der Waals surface area contributed by atoms with E-state index >= 15 is 0 Å². The van der Waals surface area contributed by atoms with Crippen LogP contribution in [0.4, 0.5) is 13.2 Å². The highest BCUT2D eigenvalue weighted by Gasteiger charge is 2.30. The van der Waals surface area contributed by atoms with Crippen molar-refractivity contribution in [2.45, 2.75) is 25.9 Å². The largest absolute Gasteiger partial charge is 0.457 e. The number of halogens is 3. The number of carbonyl (C=O) groups excluding carboxylic acids is 3. The quantitative estimate of drug-likeness (QED) is 0.532. The number of nitrogens with one attached hydrogen (secondary N) is 1. The fourth-order valence-electron chi connectivity index (χ4n) is 2.27. The van der Waals surface area contributed by atoms with Crippen LogP contribution >= 0.6 is 11.3 Å². The molecular weight excluding hydrogens is 395 g/mol. The first-order valence-corrected chi connectivity index (χ1v) is 9.15. The second-order valence-corrected chi connectivity index (χ2v) is 7.12. The van der Waals surface area contributed by atoms with Crippen molar-refractivity contribution in [3.63, 3.8) is 0 Å². The summed E-state index contributed by atoms with van der Waals surface area (Å²) in [5, 5.41) is 2.66. The molecule has 0 spiro atoms. The molecule has 0 fully saturated rings. The second-order valence-electron chi connectivity index (χ2n) is 5.95. The molecule has 1 amide bonds. The Kier molecular flexibility index (Phi) is 7.33. The molecule has 2 aromatic rings. The van der Waals surface area contributed by atoms with Gasteiger partial charge in [0.2, 0.25) is 11.7 Å². The van der Waals surface area contributed by atoms with Crippen LogP contribution in [-0.2, 0) is 33.3 Å². The van der Waals surface area contributed by atoms with Gasteiger partial charge < -0.3 is 10.1 Å². The maximum atomic E-state index is 12.5. The number of alkyl halides is 3. The van der Waals surface area contributed by atoms with Crippen LogP contribution in [0.25, 0.3) is 0 Å². The normalized spacial score (nSPS) is 11.1. The number of benzene rings is 1. The number of ether oxygens (including phenoxy) is 1. The van der Waals surface area contributed by atoms with Gasteiger partial charge in [-0.1, -0.05) is 12.1 Å². The van der Waals surface area contributed by atoms with Crippen molar-refractivity contribution >= 4 is 29.0 Å². The Morgan fingerprint density at radius 2 is 1.75 bits per heavy atom. The minimum absolute atomic E-state index is 0.132. The number of ketones is 1. The molecule has 0 atom stereocenters. The zero-order chi connectivity index (χ0) is 20.7. The van der Waals surface area contributed by atoms with Gasteiger partial charge in [-0.25, -0.2) is 0 Å². The first-order valence-electron chi connectivity index (χ1n) is 8.33. The van der Waals surface area contributed by atoms with Gasteiger partial charge in [0, 0.05) is 18.3 Å². The lowest BCUT2D eigenvalue weighted by Crippen LogP contribution is -2.22. The molecular formula is C19H18F3NO4S. The SMILES string of the molecule is CC(=O)NCCc1ccc(C(=O)COC(=O)Cc2ccc(C(F)(F)F)cc2)s1. The third kappa shape index (κ3) is 6.80. The second kappa shape index (κ2) is 9.50. The number of rotatable bonds is 8. The molecule has 9 heteroatoms. The predicted octanol–water partition coefficient (Wildman–Crippen LogP) is 3.41. The van der Waals surface area contributed by atoms with E-state index in [-0.39, 0.29) is 18.1 Å². The van der Waals surface area contributed by atoms with Crippen LogP contribution in [0.2, 0.25) is 0 Å². The zero-order valence-electron chi connectivity index (χ0n) is 15.0. The molecule has 0 saturated carbocycles. The van der Waals surface area contributed by atoms with Gasteiger partial charge in [0.05, 0.1) is 16.9 Å². The molecule has 2 rings (SSSR count). The van der Waals surface area contributed by atoms with Gasteiger partial charge in [0.1, 0.15) is 0 Å². The van der Waals surface area contributed by atoms with E-state index in [1.54, 1.807) is 12.1 Å². The average Bonchev–Trinajstić information content (AvgIpc) is 3.08. The minimum Gasteiger partial charge on any atom is -0.457 e. The Morgan fingerprint density at radius 1 is 1.07 bits per heavy atom. The molecule has 150 valence electrons. The van der Waals surface area contributed by atoms with Gasteiger partial charge in [-0.15, -0.1) is 11.3 Å². The number of hydrogen-bond donors (Lipinski definition) is 1. The van der Waals surface area contributed by atoms with Crippen LogP contribution in [0, 0.1) is 0 Å². The van der Waals surface area contributed by atoms with Crippen LogP contribution in [0.3, 0.4) is 0 Å². The summed E-state index contributed by atoms with van der Waals surface area (Å²) in [6.07, 6.45) is -4.07. The fourth-order valence-corrected chi connectivity index (χ4v) is 3.20. The van der Waals surface area contributed by atoms with Crippen molar-refractivity contribution < 1.29 is 32.3 Å². The van der Waals surface area contributed by atoms with Gasteiger partial charge in [0.15, 0.2) is 6.61 Å². The summed E-state index contributed by atoms with van der Waals surface area (Å²) in [7, 11) is 0. The summed E-state index contributed by atoms with van der Waals surface area (Å²) in [5.41, 5.74) is -0.436. The van der Waals surface area contributed by atoms with E-state index < -0.39 is 24.3 Å². The van der Waals surface area contributed by atoms with Crippen molar-refractivity contribution in [2.24, 2.45) is 0 Å². The standard InChI is InChI=1S/C19H18F3NO4S/c1-12(24)23-9-8-15-6-7-17(28-15)16(25)11-27-18(26)10-13-2-4-14(5-3-13)19(20,21)22/h2-7H,8-11H2,1H3,(H,23,24). The first-order chi connectivity index (χ1) is 13.1. The number of Topliss-reactive ketones (excluding diaryl/α,β-unsaturated/α-hetero) is 1. The highest BCUT2D eigenvalue weighted by atomic mass is 32.1. The van der Waals surface area contributed by atoms with E-state index in [1.807, 2.05) is 0 Å². The zero-order valence-corrected chi connectivity index (χ0v) is 15.8. The summed E-state index contributed by atoms with van der Waals surface area (Å²) < 4.78 is 42.5. The average molecular weight is 413 g/mol. The summed E-state index contributed by atoms with van der Waals surface area (Å²) in [6.45, 7) is 1.44. The summed E-state index contributed by atoms with van der Waals surface area (Å²) in [5.74, 6) is -1.19. The van der Waals surface area contributed by atoms with Gasteiger partial charge in [-0.3, -0.25) is 14.4 Å². The lowest BCUT2D eigenvalue weighted by molar-refractivity contribution is -0.141. The molecule has 0 radical (unpaired) electrons. The number of carbonyl (C=O) groups is 3. The number of hydrogen-bond acceptors (Lipinski definition) is 5. The summed E-state index contributed by atoms with van der Waals surface area (Å²) in [4.78, 5) is 36.1. The Labute approximate surface area is 163 Å². The number of esters is 1. The fraction of sp³-hybridized carbons (Fsp3) is 0.316. The van der Waals surface area contributed by atoms with Crippen molar-refractivity contribution in [1.29, 1.82) is 0 Å². The molecule has 5 nitrogen and oxygen atoms in total. The molecule has 1 heterocycles. The first kappa shape index (κ1) is 21.6. The molecule has 0 aliphatic carbocycles. The lowest BCUT2D eigenvalue weighted by atomic mass is 10.1. The number of thiophene rings is 1. The van der Waals surface area contributed by atoms with E-state index in [1.165, 1.54) is 30.4 Å². The van der Waals surface area contributed by atoms with Crippen molar-refractivity contribution in [2.75, 3.05) is 13.2 Å². The molecule has 0 saturated heterocycles. The van der Waals surface area contributed by atoms with Gasteiger partial charge in [0.25, 0.3) is 0 Å². The van der Waals surface area contributed by atoms with Crippen LogP contribution in [-0.4, -0.2) is 30.8 Å². The Balaban J connectivity index is 1.80. The predicted molar refractivity (Wildman–Crippen MR) is 97.1 cm³/mol. The maximum absolute atomic E-state index is 12.5. The lowest BCUT2D eigenvalue weighted by Gasteiger charge is -2.07. The van der Waals surface area contributed by atoms with E-state index in [9.17, 15) is 27.6 Å².